The molecule has 1 atom stereocenters. The first-order valence-corrected chi connectivity index (χ1v) is 7.52. The first kappa shape index (κ1) is 17.1. The largest absolute Gasteiger partial charge is 0.491 e. The van der Waals surface area contributed by atoms with Crippen LogP contribution in [-0.4, -0.2) is 30.5 Å². The van der Waals surface area contributed by atoms with Gasteiger partial charge in [0.05, 0.1) is 6.54 Å². The van der Waals surface area contributed by atoms with Crippen molar-refractivity contribution in [2.75, 3.05) is 13.2 Å². The molecule has 2 rings (SSSR count). The molecule has 0 bridgehead atoms. The molecule has 0 fully saturated rings. The van der Waals surface area contributed by atoms with Crippen LogP contribution in [0.25, 0.3) is 0 Å². The fraction of sp³-hybridized carbons (Fsp3) is 0.235. The van der Waals surface area contributed by atoms with E-state index in [1.807, 2.05) is 30.3 Å². The topological polar surface area (TPSA) is 67.8 Å². The summed E-state index contributed by atoms with van der Waals surface area (Å²) in [6.07, 6.45) is -1.42. The number of alkyl carbamates (subject to hydrolysis) is 1. The van der Waals surface area contributed by atoms with Crippen molar-refractivity contribution in [3.8, 4) is 5.75 Å². The highest BCUT2D eigenvalue weighted by Crippen LogP contribution is 2.15. The van der Waals surface area contributed by atoms with Gasteiger partial charge in [0.2, 0.25) is 0 Å². The van der Waals surface area contributed by atoms with E-state index in [-0.39, 0.29) is 19.8 Å². The van der Waals surface area contributed by atoms with E-state index in [2.05, 4.69) is 5.32 Å². The fourth-order valence-electron chi connectivity index (χ4n) is 1.76. The quantitative estimate of drug-likeness (QED) is 0.816. The van der Waals surface area contributed by atoms with Gasteiger partial charge in [0, 0.05) is 5.02 Å². The zero-order chi connectivity index (χ0) is 16.5. The maximum absolute atomic E-state index is 11.5. The third-order valence-electron chi connectivity index (χ3n) is 2.95. The van der Waals surface area contributed by atoms with Crippen LogP contribution in [0.5, 0.6) is 5.75 Å². The minimum absolute atomic E-state index is 0.0429. The van der Waals surface area contributed by atoms with E-state index in [1.54, 1.807) is 24.3 Å². The predicted octanol–water partition coefficient (Wildman–Crippen LogP) is 3.01. The second kappa shape index (κ2) is 9.02. The molecule has 0 saturated heterocycles. The number of rotatable bonds is 7. The Morgan fingerprint density at radius 2 is 1.83 bits per heavy atom. The normalized spacial score (nSPS) is 11.6. The van der Waals surface area contributed by atoms with Crippen molar-refractivity contribution in [3.05, 3.63) is 65.2 Å². The molecule has 1 amide bonds. The smallest absolute Gasteiger partial charge is 0.407 e. The minimum atomic E-state index is -0.838. The standard InChI is InChI=1S/C17H18ClNO4/c18-14-6-8-16(9-7-14)22-12-15(20)10-19-17(21)23-11-13-4-2-1-3-5-13/h1-9,15,20H,10-12H2,(H,19,21)/t15-/m1/s1. The number of ether oxygens (including phenoxy) is 2. The number of benzene rings is 2. The Labute approximate surface area is 139 Å². The molecule has 2 aromatic rings. The van der Waals surface area contributed by atoms with Gasteiger partial charge in [-0.1, -0.05) is 41.9 Å². The van der Waals surface area contributed by atoms with Gasteiger partial charge in [-0.05, 0) is 29.8 Å². The molecule has 2 aromatic carbocycles. The Bertz CT molecular complexity index is 604. The van der Waals surface area contributed by atoms with Gasteiger partial charge in [0.1, 0.15) is 25.1 Å². The Kier molecular flexibility index (Phi) is 6.72. The molecular weight excluding hydrogens is 318 g/mol. The number of carbonyl (C=O) groups is 1. The lowest BCUT2D eigenvalue weighted by atomic mass is 10.2. The van der Waals surface area contributed by atoms with Crippen molar-refractivity contribution >= 4 is 17.7 Å². The monoisotopic (exact) mass is 335 g/mol. The zero-order valence-corrected chi connectivity index (χ0v) is 13.2. The van der Waals surface area contributed by atoms with Crippen molar-refractivity contribution < 1.29 is 19.4 Å². The number of aliphatic hydroxyl groups is 1. The molecule has 0 aliphatic carbocycles. The van der Waals surface area contributed by atoms with Gasteiger partial charge in [0.15, 0.2) is 0 Å². The van der Waals surface area contributed by atoms with E-state index in [0.717, 1.165) is 5.56 Å². The maximum Gasteiger partial charge on any atom is 0.407 e. The van der Waals surface area contributed by atoms with Crippen LogP contribution in [0.3, 0.4) is 0 Å². The first-order chi connectivity index (χ1) is 11.1. The van der Waals surface area contributed by atoms with Gasteiger partial charge in [-0.3, -0.25) is 0 Å². The predicted molar refractivity (Wildman–Crippen MR) is 87.6 cm³/mol. The van der Waals surface area contributed by atoms with Crippen LogP contribution in [0.2, 0.25) is 5.02 Å². The average molecular weight is 336 g/mol. The molecule has 6 heteroatoms. The molecule has 23 heavy (non-hydrogen) atoms. The SMILES string of the molecule is O=C(NC[C@@H](O)COc1ccc(Cl)cc1)OCc1ccccc1. The molecular formula is C17H18ClNO4. The lowest BCUT2D eigenvalue weighted by molar-refractivity contribution is 0.0965. The van der Waals surface area contributed by atoms with E-state index >= 15 is 0 Å². The van der Waals surface area contributed by atoms with Crippen LogP contribution in [-0.2, 0) is 11.3 Å². The number of carbonyl (C=O) groups excluding carboxylic acids is 1. The van der Waals surface area contributed by atoms with Crippen LogP contribution < -0.4 is 10.1 Å². The lowest BCUT2D eigenvalue weighted by Gasteiger charge is -2.13. The van der Waals surface area contributed by atoms with Gasteiger partial charge < -0.3 is 19.9 Å². The molecule has 2 N–H and O–H groups in total. The summed E-state index contributed by atoms with van der Waals surface area (Å²) in [5.41, 5.74) is 0.897. The van der Waals surface area contributed by atoms with Crippen molar-refractivity contribution in [2.45, 2.75) is 12.7 Å². The molecule has 0 heterocycles. The number of hydrogen-bond acceptors (Lipinski definition) is 4. The van der Waals surface area contributed by atoms with Crippen molar-refractivity contribution in [1.82, 2.24) is 5.32 Å². The van der Waals surface area contributed by atoms with E-state index < -0.39 is 12.2 Å². The summed E-state index contributed by atoms with van der Waals surface area (Å²) in [5, 5.41) is 12.9. The molecule has 5 nitrogen and oxygen atoms in total. The van der Waals surface area contributed by atoms with E-state index in [9.17, 15) is 9.90 Å². The maximum atomic E-state index is 11.5. The highest BCUT2D eigenvalue weighted by Gasteiger charge is 2.09. The van der Waals surface area contributed by atoms with Crippen LogP contribution in [0.1, 0.15) is 5.56 Å². The Hall–Kier alpha value is -2.24. The summed E-state index contributed by atoms with van der Waals surface area (Å²) >= 11 is 5.77. The molecule has 0 aromatic heterocycles. The summed E-state index contributed by atoms with van der Waals surface area (Å²) in [4.78, 5) is 11.5. The van der Waals surface area contributed by atoms with Gasteiger partial charge >= 0.3 is 6.09 Å². The third-order valence-corrected chi connectivity index (χ3v) is 3.20. The third kappa shape index (κ3) is 6.59. The second-order valence-electron chi connectivity index (χ2n) is 4.86. The van der Waals surface area contributed by atoms with E-state index in [1.165, 1.54) is 0 Å². The van der Waals surface area contributed by atoms with Gasteiger partial charge in [-0.25, -0.2) is 4.79 Å². The molecule has 0 spiro atoms. The summed E-state index contributed by atoms with van der Waals surface area (Å²) < 4.78 is 10.4. The lowest BCUT2D eigenvalue weighted by Crippen LogP contribution is -2.35. The van der Waals surface area contributed by atoms with E-state index in [4.69, 9.17) is 21.1 Å². The summed E-state index contributed by atoms with van der Waals surface area (Å²) in [6, 6.07) is 16.2. The molecule has 0 unspecified atom stereocenters. The van der Waals surface area contributed by atoms with Crippen molar-refractivity contribution in [1.29, 1.82) is 0 Å². The number of halogens is 1. The summed E-state index contributed by atoms with van der Waals surface area (Å²) in [6.45, 7) is 0.284. The van der Waals surface area contributed by atoms with Gasteiger partial charge in [0.25, 0.3) is 0 Å². The van der Waals surface area contributed by atoms with Crippen molar-refractivity contribution in [2.24, 2.45) is 0 Å². The van der Waals surface area contributed by atoms with Crippen molar-refractivity contribution in [3.63, 3.8) is 0 Å². The number of amides is 1. The second-order valence-corrected chi connectivity index (χ2v) is 5.30. The van der Waals surface area contributed by atoms with Crippen LogP contribution in [0.4, 0.5) is 4.79 Å². The average Bonchev–Trinajstić information content (AvgIpc) is 2.58. The summed E-state index contributed by atoms with van der Waals surface area (Å²) in [7, 11) is 0. The Balaban J connectivity index is 1.62. The number of aliphatic hydroxyl groups excluding tert-OH is 1. The number of hydrogen-bond donors (Lipinski definition) is 2. The number of nitrogens with one attached hydrogen (secondary N) is 1. The fourth-order valence-corrected chi connectivity index (χ4v) is 1.88. The molecule has 122 valence electrons. The highest BCUT2D eigenvalue weighted by atomic mass is 35.5. The van der Waals surface area contributed by atoms with Crippen LogP contribution in [0, 0.1) is 0 Å². The van der Waals surface area contributed by atoms with E-state index in [0.29, 0.717) is 10.8 Å². The van der Waals surface area contributed by atoms with Gasteiger partial charge in [-0.2, -0.15) is 0 Å². The molecule has 0 aliphatic heterocycles. The zero-order valence-electron chi connectivity index (χ0n) is 12.4. The Morgan fingerprint density at radius 1 is 1.13 bits per heavy atom. The molecule has 0 saturated carbocycles. The highest BCUT2D eigenvalue weighted by molar-refractivity contribution is 6.30. The molecule has 0 aliphatic rings. The van der Waals surface area contributed by atoms with Gasteiger partial charge in [-0.15, -0.1) is 0 Å². The van der Waals surface area contributed by atoms with Crippen LogP contribution >= 0.6 is 11.6 Å². The first-order valence-electron chi connectivity index (χ1n) is 7.14. The Morgan fingerprint density at radius 3 is 2.52 bits per heavy atom. The summed E-state index contributed by atoms with van der Waals surface area (Å²) in [5.74, 6) is 0.597. The van der Waals surface area contributed by atoms with Crippen LogP contribution in [0.15, 0.2) is 54.6 Å². The molecule has 0 radical (unpaired) electrons. The minimum Gasteiger partial charge on any atom is -0.491 e.